The number of hydrogen-bond acceptors (Lipinski definition) is 4. The van der Waals surface area contributed by atoms with Crippen LogP contribution in [0.3, 0.4) is 0 Å². The van der Waals surface area contributed by atoms with E-state index in [2.05, 4.69) is 24.5 Å². The zero-order valence-corrected chi connectivity index (χ0v) is 16.2. The van der Waals surface area contributed by atoms with E-state index in [0.29, 0.717) is 36.4 Å². The molecule has 0 aromatic heterocycles. The Labute approximate surface area is 166 Å². The highest BCUT2D eigenvalue weighted by molar-refractivity contribution is 7.80. The van der Waals surface area contributed by atoms with E-state index >= 15 is 0 Å². The van der Waals surface area contributed by atoms with Crippen LogP contribution in [0.25, 0.3) is 5.57 Å². The third kappa shape index (κ3) is 4.72. The van der Waals surface area contributed by atoms with Crippen molar-refractivity contribution in [2.45, 2.75) is 17.7 Å². The van der Waals surface area contributed by atoms with Crippen LogP contribution in [0, 0.1) is 5.92 Å². The number of carbonyl (C=O) groups excluding carboxylic acids is 2. The van der Waals surface area contributed by atoms with Crippen molar-refractivity contribution in [1.82, 2.24) is 10.2 Å². The van der Waals surface area contributed by atoms with Gasteiger partial charge in [-0.05, 0) is 18.9 Å². The Kier molecular flexibility index (Phi) is 6.97. The number of piperidine rings is 1. The van der Waals surface area contributed by atoms with Crippen molar-refractivity contribution in [3.8, 4) is 0 Å². The first-order valence-corrected chi connectivity index (χ1v) is 9.07. The predicted octanol–water partition coefficient (Wildman–Crippen LogP) is 2.73. The van der Waals surface area contributed by atoms with E-state index < -0.39 is 12.5 Å². The number of hydrogen-bond donors (Lipinski definition) is 3. The van der Waals surface area contributed by atoms with Gasteiger partial charge in [0.15, 0.2) is 0 Å². The normalized spacial score (nSPS) is 14.8. The molecule has 1 fully saturated rings. The van der Waals surface area contributed by atoms with Gasteiger partial charge in [0.05, 0.1) is 10.0 Å². The van der Waals surface area contributed by atoms with Crippen LogP contribution < -0.4 is 5.32 Å². The van der Waals surface area contributed by atoms with E-state index in [0.717, 1.165) is 0 Å². The van der Waals surface area contributed by atoms with Gasteiger partial charge in [-0.25, -0.2) is 0 Å². The van der Waals surface area contributed by atoms with Gasteiger partial charge in [-0.15, -0.1) is 12.6 Å². The van der Waals surface area contributed by atoms with Crippen LogP contribution in [0.2, 0.25) is 10.0 Å². The topological polar surface area (TPSA) is 86.7 Å². The summed E-state index contributed by atoms with van der Waals surface area (Å²) in [7, 11) is 0. The molecule has 0 atom stereocenters. The minimum Gasteiger partial charge on any atom is -0.480 e. The molecule has 6 nitrogen and oxygen atoms in total. The fourth-order valence-electron chi connectivity index (χ4n) is 2.73. The molecule has 0 radical (unpaired) electrons. The number of aliphatic carboxylic acids is 1. The lowest BCUT2D eigenvalue weighted by Gasteiger charge is -2.32. The lowest BCUT2D eigenvalue weighted by Crippen LogP contribution is -2.44. The molecule has 1 saturated heterocycles. The molecule has 1 aromatic rings. The summed E-state index contributed by atoms with van der Waals surface area (Å²) in [5.74, 6) is -1.99. The maximum Gasteiger partial charge on any atom is 0.322 e. The van der Waals surface area contributed by atoms with Gasteiger partial charge >= 0.3 is 5.97 Å². The fraction of sp³-hybridized carbons (Fsp3) is 0.353. The molecule has 140 valence electrons. The van der Waals surface area contributed by atoms with E-state index in [4.69, 9.17) is 28.3 Å². The summed E-state index contributed by atoms with van der Waals surface area (Å²) in [6.45, 7) is 4.17. The molecule has 2 amide bonds. The number of carboxylic acids is 1. The summed E-state index contributed by atoms with van der Waals surface area (Å²) in [6.07, 6.45) is 0.906. The van der Waals surface area contributed by atoms with E-state index in [-0.39, 0.29) is 33.4 Å². The number of amides is 2. The Morgan fingerprint density at radius 3 is 2.42 bits per heavy atom. The standard InChI is InChI=1S/C17H18Cl2N2O4S/c1-9(11-2-3-12(26)15(19)14(11)18)17(25)21-6-4-10(5-7-21)16(24)20-8-13(22)23/h2-3,10,26H,1,4-8H2,(H,20,24)(H,22,23). The number of nitrogens with one attached hydrogen (secondary N) is 1. The molecule has 1 aliphatic rings. The van der Waals surface area contributed by atoms with Crippen LogP contribution >= 0.6 is 35.8 Å². The molecular weight excluding hydrogens is 399 g/mol. The van der Waals surface area contributed by atoms with Crippen LogP contribution in [0.4, 0.5) is 0 Å². The second-order valence-corrected chi connectivity index (χ2v) is 7.15. The molecule has 0 spiro atoms. The number of likely N-dealkylation sites (tertiary alicyclic amines) is 1. The smallest absolute Gasteiger partial charge is 0.322 e. The van der Waals surface area contributed by atoms with E-state index in [9.17, 15) is 14.4 Å². The van der Waals surface area contributed by atoms with E-state index in [1.54, 1.807) is 17.0 Å². The largest absolute Gasteiger partial charge is 0.480 e. The van der Waals surface area contributed by atoms with Crippen LogP contribution in [-0.2, 0) is 14.4 Å². The Morgan fingerprint density at radius 1 is 1.23 bits per heavy atom. The van der Waals surface area contributed by atoms with Crippen molar-refractivity contribution in [1.29, 1.82) is 0 Å². The first-order chi connectivity index (χ1) is 12.2. The Morgan fingerprint density at radius 2 is 1.85 bits per heavy atom. The number of halogens is 2. The molecule has 0 unspecified atom stereocenters. The summed E-state index contributed by atoms with van der Waals surface area (Å²) in [5, 5.41) is 11.4. The molecule has 1 aliphatic heterocycles. The number of benzene rings is 1. The lowest BCUT2D eigenvalue weighted by atomic mass is 9.95. The monoisotopic (exact) mass is 416 g/mol. The molecule has 1 aromatic carbocycles. The average Bonchev–Trinajstić information content (AvgIpc) is 2.63. The summed E-state index contributed by atoms with van der Waals surface area (Å²) < 4.78 is 0. The van der Waals surface area contributed by atoms with Crippen LogP contribution in [0.5, 0.6) is 0 Å². The molecule has 0 aliphatic carbocycles. The van der Waals surface area contributed by atoms with E-state index in [1.807, 2.05) is 0 Å². The highest BCUT2D eigenvalue weighted by atomic mass is 35.5. The molecular formula is C17H18Cl2N2O4S. The molecule has 2 rings (SSSR count). The molecule has 9 heteroatoms. The fourth-order valence-corrected chi connectivity index (χ4v) is 3.43. The van der Waals surface area contributed by atoms with Gasteiger partial charge in [-0.2, -0.15) is 0 Å². The lowest BCUT2D eigenvalue weighted by molar-refractivity contribution is -0.139. The van der Waals surface area contributed by atoms with Crippen molar-refractivity contribution in [3.05, 3.63) is 34.3 Å². The first-order valence-electron chi connectivity index (χ1n) is 7.87. The van der Waals surface area contributed by atoms with Gasteiger partial charge in [0.25, 0.3) is 5.91 Å². The van der Waals surface area contributed by atoms with Gasteiger partial charge in [-0.3, -0.25) is 14.4 Å². The highest BCUT2D eigenvalue weighted by Crippen LogP contribution is 2.35. The number of nitrogens with zero attached hydrogens (tertiary/aromatic N) is 1. The Hall–Kier alpha value is -1.70. The number of thiol groups is 1. The summed E-state index contributed by atoms with van der Waals surface area (Å²) in [4.78, 5) is 37.2. The Bertz CT molecular complexity index is 761. The third-order valence-electron chi connectivity index (χ3n) is 4.21. The van der Waals surface area contributed by atoms with Crippen LogP contribution in [0.15, 0.2) is 23.6 Å². The van der Waals surface area contributed by atoms with Gasteiger partial charge in [-0.1, -0.05) is 35.8 Å². The van der Waals surface area contributed by atoms with Gasteiger partial charge in [0.1, 0.15) is 6.54 Å². The van der Waals surface area contributed by atoms with Crippen molar-refractivity contribution in [2.24, 2.45) is 5.92 Å². The first kappa shape index (κ1) is 20.6. The summed E-state index contributed by atoms with van der Waals surface area (Å²) >= 11 is 16.4. The quantitative estimate of drug-likeness (QED) is 0.508. The van der Waals surface area contributed by atoms with E-state index in [1.165, 1.54) is 0 Å². The minimum atomic E-state index is -1.09. The van der Waals surface area contributed by atoms with Crippen LogP contribution in [-0.4, -0.2) is 47.4 Å². The maximum atomic E-state index is 12.7. The summed E-state index contributed by atoms with van der Waals surface area (Å²) in [5.41, 5.74) is 0.666. The van der Waals surface area contributed by atoms with Crippen molar-refractivity contribution in [2.75, 3.05) is 19.6 Å². The second-order valence-electron chi connectivity index (χ2n) is 5.92. The van der Waals surface area contributed by atoms with Gasteiger partial charge in [0, 0.05) is 35.0 Å². The number of carboxylic acid groups (broad SMARTS) is 1. The van der Waals surface area contributed by atoms with Crippen LogP contribution in [0.1, 0.15) is 18.4 Å². The maximum absolute atomic E-state index is 12.7. The Balaban J connectivity index is 1.98. The third-order valence-corrected chi connectivity index (χ3v) is 5.60. The van der Waals surface area contributed by atoms with Gasteiger partial charge < -0.3 is 15.3 Å². The molecule has 26 heavy (non-hydrogen) atoms. The molecule has 2 N–H and O–H groups in total. The van der Waals surface area contributed by atoms with Crippen molar-refractivity contribution in [3.63, 3.8) is 0 Å². The minimum absolute atomic E-state index is 0.221. The highest BCUT2D eigenvalue weighted by Gasteiger charge is 2.29. The van der Waals surface area contributed by atoms with Crippen molar-refractivity contribution >= 4 is 59.2 Å². The van der Waals surface area contributed by atoms with Crippen molar-refractivity contribution < 1.29 is 19.5 Å². The average molecular weight is 417 g/mol. The summed E-state index contributed by atoms with van der Waals surface area (Å²) in [6, 6.07) is 3.28. The zero-order chi connectivity index (χ0) is 19.4. The molecule has 0 saturated carbocycles. The SMILES string of the molecule is C=C(C(=O)N1CCC(C(=O)NCC(=O)O)CC1)c1ccc(S)c(Cl)c1Cl. The predicted molar refractivity (Wildman–Crippen MR) is 103 cm³/mol. The number of carbonyl (C=O) groups is 3. The van der Waals surface area contributed by atoms with Gasteiger partial charge in [0.2, 0.25) is 5.91 Å². The molecule has 1 heterocycles. The zero-order valence-electron chi connectivity index (χ0n) is 13.8. The number of rotatable bonds is 5. The molecule has 0 bridgehead atoms. The second kappa shape index (κ2) is 8.79.